The van der Waals surface area contributed by atoms with Gasteiger partial charge in [-0.25, -0.2) is 0 Å². The van der Waals surface area contributed by atoms with E-state index in [4.69, 9.17) is 27.9 Å². The number of carbonyl (C=O) groups excluding carboxylic acids is 1. The summed E-state index contributed by atoms with van der Waals surface area (Å²) in [6, 6.07) is 14.8. The van der Waals surface area contributed by atoms with Gasteiger partial charge in [0.15, 0.2) is 0 Å². The average Bonchev–Trinajstić information content (AvgIpc) is 2.65. The van der Waals surface area contributed by atoms with Crippen LogP contribution < -0.4 is 5.32 Å². The molecule has 6 heteroatoms. The first-order chi connectivity index (χ1) is 12.1. The van der Waals surface area contributed by atoms with Gasteiger partial charge in [0.1, 0.15) is 6.10 Å². The van der Waals surface area contributed by atoms with Crippen LogP contribution in [0.15, 0.2) is 48.5 Å². The van der Waals surface area contributed by atoms with Crippen LogP contribution in [0.1, 0.15) is 17.2 Å². The first-order valence-corrected chi connectivity index (χ1v) is 8.92. The van der Waals surface area contributed by atoms with E-state index in [1.807, 2.05) is 48.5 Å². The zero-order valence-corrected chi connectivity index (χ0v) is 15.4. The summed E-state index contributed by atoms with van der Waals surface area (Å²) in [5.74, 6) is -0.0536. The fourth-order valence-corrected chi connectivity index (χ4v) is 3.26. The quantitative estimate of drug-likeness (QED) is 0.884. The number of hydrogen-bond acceptors (Lipinski definition) is 3. The third-order valence-electron chi connectivity index (χ3n) is 4.31. The van der Waals surface area contributed by atoms with Gasteiger partial charge >= 0.3 is 0 Å². The Morgan fingerprint density at radius 2 is 1.60 bits per heavy atom. The van der Waals surface area contributed by atoms with E-state index in [1.54, 1.807) is 11.9 Å². The van der Waals surface area contributed by atoms with E-state index in [0.29, 0.717) is 23.2 Å². The third kappa shape index (κ3) is 4.33. The molecule has 2 aromatic rings. The van der Waals surface area contributed by atoms with Crippen LogP contribution in [0.4, 0.5) is 0 Å². The van der Waals surface area contributed by atoms with Gasteiger partial charge in [0.25, 0.3) is 5.91 Å². The number of morpholine rings is 1. The van der Waals surface area contributed by atoms with Crippen molar-refractivity contribution in [1.82, 2.24) is 10.2 Å². The maximum atomic E-state index is 12.9. The molecule has 3 rings (SSSR count). The van der Waals surface area contributed by atoms with Gasteiger partial charge in [0.05, 0.1) is 12.6 Å². The summed E-state index contributed by atoms with van der Waals surface area (Å²) in [7, 11) is 1.80. The van der Waals surface area contributed by atoms with E-state index in [9.17, 15) is 4.79 Å². The summed E-state index contributed by atoms with van der Waals surface area (Å²) in [4.78, 5) is 14.7. The number of benzene rings is 2. The highest BCUT2D eigenvalue weighted by Crippen LogP contribution is 2.30. The van der Waals surface area contributed by atoms with Crippen molar-refractivity contribution in [2.75, 3.05) is 26.7 Å². The van der Waals surface area contributed by atoms with Gasteiger partial charge in [0.2, 0.25) is 0 Å². The fourth-order valence-electron chi connectivity index (χ4n) is 3.01. The lowest BCUT2D eigenvalue weighted by molar-refractivity contribution is -0.145. The first-order valence-electron chi connectivity index (χ1n) is 8.16. The molecule has 1 aliphatic heterocycles. The highest BCUT2D eigenvalue weighted by molar-refractivity contribution is 6.30. The van der Waals surface area contributed by atoms with Gasteiger partial charge in [-0.1, -0.05) is 47.5 Å². The molecule has 0 radical (unpaired) electrons. The van der Waals surface area contributed by atoms with Crippen LogP contribution in [0.5, 0.6) is 0 Å². The Morgan fingerprint density at radius 3 is 2.04 bits per heavy atom. The van der Waals surface area contributed by atoms with Crippen LogP contribution in [-0.4, -0.2) is 43.7 Å². The summed E-state index contributed by atoms with van der Waals surface area (Å²) in [6.07, 6.45) is -0.471. The average molecular weight is 379 g/mol. The Hall–Kier alpha value is -1.59. The minimum atomic E-state index is -0.471. The monoisotopic (exact) mass is 378 g/mol. The first kappa shape index (κ1) is 18.2. The van der Waals surface area contributed by atoms with Crippen molar-refractivity contribution < 1.29 is 9.53 Å². The van der Waals surface area contributed by atoms with Crippen molar-refractivity contribution >= 4 is 29.1 Å². The number of nitrogens with one attached hydrogen (secondary N) is 1. The molecular weight excluding hydrogens is 359 g/mol. The number of hydrogen-bond donors (Lipinski definition) is 1. The summed E-state index contributed by atoms with van der Waals surface area (Å²) in [5.41, 5.74) is 1.96. The zero-order valence-electron chi connectivity index (χ0n) is 13.9. The molecular formula is C19H20Cl2N2O2. The minimum absolute atomic E-state index is 0.0536. The molecule has 1 saturated heterocycles. The molecule has 1 N–H and O–H groups in total. The van der Waals surface area contributed by atoms with E-state index in [-0.39, 0.29) is 11.9 Å². The number of carbonyl (C=O) groups is 1. The lowest BCUT2D eigenvalue weighted by Crippen LogP contribution is -2.49. The Kier molecular flexibility index (Phi) is 5.97. The second kappa shape index (κ2) is 8.19. The number of ether oxygens (including phenoxy) is 1. The molecule has 0 aromatic heterocycles. The largest absolute Gasteiger partial charge is 0.366 e. The maximum absolute atomic E-state index is 12.9. The summed E-state index contributed by atoms with van der Waals surface area (Å²) in [6.45, 7) is 1.83. The van der Waals surface area contributed by atoms with Crippen LogP contribution in [0.25, 0.3) is 0 Å². The standard InChI is InChI=1S/C19H20Cl2N2O2/c1-23(19(24)17-12-22-10-11-25-17)18(13-2-6-15(20)7-3-13)14-4-8-16(21)9-5-14/h2-9,17-18,22H,10-12H2,1H3. The van der Waals surface area contributed by atoms with Crippen LogP contribution in [0.2, 0.25) is 10.0 Å². The van der Waals surface area contributed by atoms with Gasteiger partial charge in [-0.05, 0) is 35.4 Å². The molecule has 4 nitrogen and oxygen atoms in total. The van der Waals surface area contributed by atoms with Crippen LogP contribution in [0.3, 0.4) is 0 Å². The molecule has 132 valence electrons. The van der Waals surface area contributed by atoms with E-state index in [1.165, 1.54) is 0 Å². The molecule has 0 bridgehead atoms. The number of likely N-dealkylation sites (N-methyl/N-ethyl adjacent to an activating group) is 1. The number of rotatable bonds is 4. The van der Waals surface area contributed by atoms with Gasteiger partial charge in [-0.15, -0.1) is 0 Å². The Morgan fingerprint density at radius 1 is 1.08 bits per heavy atom. The van der Waals surface area contributed by atoms with Gasteiger partial charge in [-0.2, -0.15) is 0 Å². The molecule has 0 spiro atoms. The Labute approximate surface area is 157 Å². The van der Waals surface area contributed by atoms with Crippen LogP contribution in [-0.2, 0) is 9.53 Å². The molecule has 1 aliphatic rings. The molecule has 25 heavy (non-hydrogen) atoms. The van der Waals surface area contributed by atoms with Crippen molar-refractivity contribution in [2.45, 2.75) is 12.1 Å². The second-order valence-corrected chi connectivity index (χ2v) is 6.89. The van der Waals surface area contributed by atoms with Crippen molar-refractivity contribution in [3.8, 4) is 0 Å². The van der Waals surface area contributed by atoms with Crippen molar-refractivity contribution in [3.63, 3.8) is 0 Å². The molecule has 1 unspecified atom stereocenters. The Bertz CT molecular complexity index is 668. The fraction of sp³-hybridized carbons (Fsp3) is 0.316. The molecule has 1 fully saturated rings. The van der Waals surface area contributed by atoms with Gasteiger partial charge < -0.3 is 15.0 Å². The molecule has 1 heterocycles. The minimum Gasteiger partial charge on any atom is -0.366 e. The highest BCUT2D eigenvalue weighted by atomic mass is 35.5. The smallest absolute Gasteiger partial charge is 0.253 e. The molecule has 2 aromatic carbocycles. The SMILES string of the molecule is CN(C(=O)C1CNCCO1)C(c1ccc(Cl)cc1)c1ccc(Cl)cc1. The molecule has 1 amide bonds. The lowest BCUT2D eigenvalue weighted by atomic mass is 9.97. The van der Waals surface area contributed by atoms with Gasteiger partial charge in [0, 0.05) is 30.2 Å². The summed E-state index contributed by atoms with van der Waals surface area (Å²) >= 11 is 12.0. The van der Waals surface area contributed by atoms with Gasteiger partial charge in [-0.3, -0.25) is 4.79 Å². The van der Waals surface area contributed by atoms with Crippen molar-refractivity contribution in [2.24, 2.45) is 0 Å². The predicted molar refractivity (Wildman–Crippen MR) is 100 cm³/mol. The number of nitrogens with zero attached hydrogens (tertiary/aromatic N) is 1. The predicted octanol–water partition coefficient (Wildman–Crippen LogP) is 3.53. The Balaban J connectivity index is 1.93. The second-order valence-electron chi connectivity index (χ2n) is 6.02. The van der Waals surface area contributed by atoms with E-state index in [2.05, 4.69) is 5.32 Å². The van der Waals surface area contributed by atoms with Crippen LogP contribution >= 0.6 is 23.2 Å². The van der Waals surface area contributed by atoms with Crippen molar-refractivity contribution in [1.29, 1.82) is 0 Å². The maximum Gasteiger partial charge on any atom is 0.253 e. The van der Waals surface area contributed by atoms with Crippen molar-refractivity contribution in [3.05, 3.63) is 69.7 Å². The normalized spacial score (nSPS) is 17.5. The zero-order chi connectivity index (χ0) is 17.8. The van der Waals surface area contributed by atoms with E-state index >= 15 is 0 Å². The highest BCUT2D eigenvalue weighted by Gasteiger charge is 2.30. The number of amides is 1. The number of halogens is 2. The van der Waals surface area contributed by atoms with E-state index in [0.717, 1.165) is 17.7 Å². The van der Waals surface area contributed by atoms with E-state index < -0.39 is 6.10 Å². The third-order valence-corrected chi connectivity index (χ3v) is 4.81. The molecule has 1 atom stereocenters. The lowest BCUT2D eigenvalue weighted by Gasteiger charge is -2.33. The summed E-state index contributed by atoms with van der Waals surface area (Å²) < 4.78 is 5.63. The summed E-state index contributed by atoms with van der Waals surface area (Å²) in [5, 5.41) is 4.52. The molecule has 0 aliphatic carbocycles. The van der Waals surface area contributed by atoms with Crippen LogP contribution in [0, 0.1) is 0 Å². The molecule has 0 saturated carbocycles. The topological polar surface area (TPSA) is 41.6 Å².